The van der Waals surface area contributed by atoms with Crippen molar-refractivity contribution in [3.63, 3.8) is 0 Å². The van der Waals surface area contributed by atoms with Crippen molar-refractivity contribution in [2.24, 2.45) is 0 Å². The molecule has 0 aliphatic carbocycles. The highest BCUT2D eigenvalue weighted by molar-refractivity contribution is 7.09. The number of thiophene rings is 1. The fourth-order valence-corrected chi connectivity index (χ4v) is 2.45. The van der Waals surface area contributed by atoms with Gasteiger partial charge in [0.25, 0.3) is 0 Å². The van der Waals surface area contributed by atoms with E-state index in [0.29, 0.717) is 5.28 Å². The molecule has 0 aromatic carbocycles. The van der Waals surface area contributed by atoms with Gasteiger partial charge in [-0.1, -0.05) is 6.07 Å². The van der Waals surface area contributed by atoms with Crippen molar-refractivity contribution in [3.05, 3.63) is 39.6 Å². The molecule has 0 amide bonds. The molecule has 0 saturated heterocycles. The molecule has 14 heavy (non-hydrogen) atoms. The molecular formula is C10H11ClN2S. The molecular weight excluding hydrogens is 216 g/mol. The van der Waals surface area contributed by atoms with E-state index < -0.39 is 0 Å². The van der Waals surface area contributed by atoms with Crippen LogP contribution in [0.15, 0.2) is 23.7 Å². The minimum absolute atomic E-state index is 0.582. The van der Waals surface area contributed by atoms with E-state index in [1.807, 2.05) is 10.8 Å². The maximum atomic E-state index is 5.94. The minimum Gasteiger partial charge on any atom is -0.319 e. The maximum Gasteiger partial charge on any atom is 0.202 e. The Labute approximate surface area is 92.2 Å². The predicted octanol–water partition coefficient (Wildman–Crippen LogP) is 3.21. The van der Waals surface area contributed by atoms with Crippen LogP contribution in [0.3, 0.4) is 0 Å². The SMILES string of the molecule is CCn1c(Cc2cccs2)cnc1Cl. The molecule has 0 atom stereocenters. The van der Waals surface area contributed by atoms with Gasteiger partial charge in [-0.2, -0.15) is 0 Å². The van der Waals surface area contributed by atoms with Crippen LogP contribution in [0.1, 0.15) is 17.5 Å². The molecule has 0 fully saturated rings. The summed E-state index contributed by atoms with van der Waals surface area (Å²) in [6.45, 7) is 2.95. The van der Waals surface area contributed by atoms with Gasteiger partial charge in [0.2, 0.25) is 5.28 Å². The number of halogens is 1. The maximum absolute atomic E-state index is 5.94. The Morgan fingerprint density at radius 1 is 1.57 bits per heavy atom. The second kappa shape index (κ2) is 4.15. The zero-order valence-electron chi connectivity index (χ0n) is 7.90. The van der Waals surface area contributed by atoms with Gasteiger partial charge in [-0.25, -0.2) is 4.98 Å². The molecule has 2 heterocycles. The van der Waals surface area contributed by atoms with E-state index in [2.05, 4.69) is 29.4 Å². The van der Waals surface area contributed by atoms with Crippen LogP contribution >= 0.6 is 22.9 Å². The van der Waals surface area contributed by atoms with E-state index in [4.69, 9.17) is 11.6 Å². The lowest BCUT2D eigenvalue weighted by Gasteiger charge is -2.04. The Kier molecular flexibility index (Phi) is 2.89. The number of hydrogen-bond acceptors (Lipinski definition) is 2. The molecule has 2 aromatic rings. The topological polar surface area (TPSA) is 17.8 Å². The second-order valence-corrected chi connectivity index (χ2v) is 4.39. The van der Waals surface area contributed by atoms with Crippen LogP contribution in [0.5, 0.6) is 0 Å². The fraction of sp³-hybridized carbons (Fsp3) is 0.300. The minimum atomic E-state index is 0.582. The molecule has 0 N–H and O–H groups in total. The molecule has 0 radical (unpaired) electrons. The number of hydrogen-bond donors (Lipinski definition) is 0. The molecule has 2 nitrogen and oxygen atoms in total. The first-order valence-corrected chi connectivity index (χ1v) is 5.79. The first-order valence-electron chi connectivity index (χ1n) is 4.53. The highest BCUT2D eigenvalue weighted by atomic mass is 35.5. The summed E-state index contributed by atoms with van der Waals surface area (Å²) in [6, 6.07) is 4.19. The van der Waals surface area contributed by atoms with Crippen LogP contribution in [0.25, 0.3) is 0 Å². The summed E-state index contributed by atoms with van der Waals surface area (Å²) < 4.78 is 2.03. The van der Waals surface area contributed by atoms with Gasteiger partial charge in [-0.3, -0.25) is 0 Å². The summed E-state index contributed by atoms with van der Waals surface area (Å²) in [5, 5.41) is 2.67. The van der Waals surface area contributed by atoms with Gasteiger partial charge >= 0.3 is 0 Å². The second-order valence-electron chi connectivity index (χ2n) is 3.02. The third-order valence-corrected chi connectivity index (χ3v) is 3.32. The van der Waals surface area contributed by atoms with Gasteiger partial charge < -0.3 is 4.57 Å². The van der Waals surface area contributed by atoms with Crippen LogP contribution in [0, 0.1) is 0 Å². The summed E-state index contributed by atoms with van der Waals surface area (Å²) in [5.74, 6) is 0. The monoisotopic (exact) mass is 226 g/mol. The molecule has 2 rings (SSSR count). The van der Waals surface area contributed by atoms with E-state index >= 15 is 0 Å². The summed E-state index contributed by atoms with van der Waals surface area (Å²) in [5.41, 5.74) is 1.18. The van der Waals surface area contributed by atoms with Gasteiger partial charge in [0.05, 0.1) is 6.20 Å². The zero-order valence-corrected chi connectivity index (χ0v) is 9.48. The van der Waals surface area contributed by atoms with Gasteiger partial charge in [-0.15, -0.1) is 11.3 Å². The predicted molar refractivity (Wildman–Crippen MR) is 60.0 cm³/mol. The smallest absolute Gasteiger partial charge is 0.202 e. The molecule has 0 aliphatic rings. The third-order valence-electron chi connectivity index (χ3n) is 2.14. The van der Waals surface area contributed by atoms with Gasteiger partial charge in [0, 0.05) is 23.5 Å². The Bertz CT molecular complexity index is 406. The average Bonchev–Trinajstić information content (AvgIpc) is 2.77. The van der Waals surface area contributed by atoms with Gasteiger partial charge in [0.15, 0.2) is 0 Å². The van der Waals surface area contributed by atoms with Crippen molar-refractivity contribution in [3.8, 4) is 0 Å². The van der Waals surface area contributed by atoms with Crippen LogP contribution in [0.4, 0.5) is 0 Å². The van der Waals surface area contributed by atoms with E-state index in [-0.39, 0.29) is 0 Å². The van der Waals surface area contributed by atoms with Crippen LogP contribution in [-0.4, -0.2) is 9.55 Å². The molecule has 4 heteroatoms. The molecule has 0 unspecified atom stereocenters. The normalized spacial score (nSPS) is 10.7. The molecule has 2 aromatic heterocycles. The van der Waals surface area contributed by atoms with Crippen LogP contribution in [0.2, 0.25) is 5.28 Å². The van der Waals surface area contributed by atoms with Crippen molar-refractivity contribution < 1.29 is 0 Å². The van der Waals surface area contributed by atoms with Crippen molar-refractivity contribution in [2.45, 2.75) is 19.9 Å². The molecule has 74 valence electrons. The van der Waals surface area contributed by atoms with Crippen molar-refractivity contribution >= 4 is 22.9 Å². The first-order chi connectivity index (χ1) is 6.81. The van der Waals surface area contributed by atoms with Crippen molar-refractivity contribution in [1.82, 2.24) is 9.55 Å². The summed E-state index contributed by atoms with van der Waals surface area (Å²) >= 11 is 7.70. The molecule has 0 bridgehead atoms. The molecule has 0 saturated carbocycles. The van der Waals surface area contributed by atoms with Crippen molar-refractivity contribution in [1.29, 1.82) is 0 Å². The Morgan fingerprint density at radius 2 is 2.43 bits per heavy atom. The zero-order chi connectivity index (χ0) is 9.97. The lowest BCUT2D eigenvalue weighted by atomic mass is 10.3. The van der Waals surface area contributed by atoms with E-state index in [1.54, 1.807) is 11.3 Å². The number of imidazole rings is 1. The summed E-state index contributed by atoms with van der Waals surface area (Å²) in [4.78, 5) is 5.44. The number of nitrogens with zero attached hydrogens (tertiary/aromatic N) is 2. The quantitative estimate of drug-likeness (QED) is 0.786. The largest absolute Gasteiger partial charge is 0.319 e. The Balaban J connectivity index is 2.25. The third kappa shape index (κ3) is 1.83. The summed E-state index contributed by atoms with van der Waals surface area (Å²) in [6.07, 6.45) is 2.77. The summed E-state index contributed by atoms with van der Waals surface area (Å²) in [7, 11) is 0. The Hall–Kier alpha value is -0.800. The number of rotatable bonds is 3. The highest BCUT2D eigenvalue weighted by Gasteiger charge is 2.07. The van der Waals surface area contributed by atoms with Gasteiger partial charge in [-0.05, 0) is 30.0 Å². The Morgan fingerprint density at radius 3 is 3.07 bits per heavy atom. The van der Waals surface area contributed by atoms with Gasteiger partial charge in [0.1, 0.15) is 0 Å². The lowest BCUT2D eigenvalue weighted by Crippen LogP contribution is -2.00. The van der Waals surface area contributed by atoms with Crippen LogP contribution in [-0.2, 0) is 13.0 Å². The van der Waals surface area contributed by atoms with Crippen LogP contribution < -0.4 is 0 Å². The molecule has 0 aliphatic heterocycles. The highest BCUT2D eigenvalue weighted by Crippen LogP contribution is 2.17. The molecule has 0 spiro atoms. The van der Waals surface area contributed by atoms with E-state index in [0.717, 1.165) is 13.0 Å². The fourth-order valence-electron chi connectivity index (χ4n) is 1.45. The number of aromatic nitrogens is 2. The van der Waals surface area contributed by atoms with E-state index in [9.17, 15) is 0 Å². The van der Waals surface area contributed by atoms with Crippen molar-refractivity contribution in [2.75, 3.05) is 0 Å². The lowest BCUT2D eigenvalue weighted by molar-refractivity contribution is 0.726. The first kappa shape index (κ1) is 9.74. The van der Waals surface area contributed by atoms with E-state index in [1.165, 1.54) is 10.6 Å². The average molecular weight is 227 g/mol. The standard InChI is InChI=1S/C10H11ClN2S/c1-2-13-8(7-12-10(13)11)6-9-4-3-5-14-9/h3-5,7H,2,6H2,1H3.